The van der Waals surface area contributed by atoms with Crippen LogP contribution >= 0.6 is 0 Å². The predicted molar refractivity (Wildman–Crippen MR) is 94.6 cm³/mol. The van der Waals surface area contributed by atoms with E-state index in [4.69, 9.17) is 5.26 Å². The molecule has 0 radical (unpaired) electrons. The van der Waals surface area contributed by atoms with Gasteiger partial charge >= 0.3 is 0 Å². The molecule has 2 aromatic rings. The molecule has 0 atom stereocenters. The number of nitriles is 1. The quantitative estimate of drug-likeness (QED) is 0.926. The Labute approximate surface area is 142 Å². The number of nitrogens with zero attached hydrogens (tertiary/aromatic N) is 2. The number of hydrogen-bond donors (Lipinski definition) is 1. The summed E-state index contributed by atoms with van der Waals surface area (Å²) < 4.78 is 28.0. The Bertz CT molecular complexity index is 895. The third-order valence-electron chi connectivity index (χ3n) is 4.23. The molecule has 5 nitrogen and oxygen atoms in total. The summed E-state index contributed by atoms with van der Waals surface area (Å²) >= 11 is 0. The normalized spacial score (nSPS) is 14.4. The second kappa shape index (κ2) is 6.54. The molecule has 1 fully saturated rings. The molecule has 0 spiro atoms. The lowest BCUT2D eigenvalue weighted by Gasteiger charge is -2.20. The van der Waals surface area contributed by atoms with E-state index in [9.17, 15) is 8.42 Å². The fourth-order valence-electron chi connectivity index (χ4n) is 2.89. The van der Waals surface area contributed by atoms with Crippen LogP contribution in [0.3, 0.4) is 0 Å². The van der Waals surface area contributed by atoms with Gasteiger partial charge in [0.2, 0.25) is 0 Å². The van der Waals surface area contributed by atoms with Gasteiger partial charge < -0.3 is 4.90 Å². The van der Waals surface area contributed by atoms with Crippen molar-refractivity contribution in [3.63, 3.8) is 0 Å². The zero-order valence-electron chi connectivity index (χ0n) is 13.5. The summed E-state index contributed by atoms with van der Waals surface area (Å²) in [4.78, 5) is 2.25. The van der Waals surface area contributed by atoms with Crippen LogP contribution in [0.5, 0.6) is 0 Å². The minimum Gasteiger partial charge on any atom is -0.371 e. The first-order chi connectivity index (χ1) is 11.5. The molecule has 1 N–H and O–H groups in total. The molecule has 124 valence electrons. The Morgan fingerprint density at radius 2 is 1.83 bits per heavy atom. The first-order valence-corrected chi connectivity index (χ1v) is 9.37. The molecule has 3 rings (SSSR count). The van der Waals surface area contributed by atoms with Crippen molar-refractivity contribution in [3.8, 4) is 6.07 Å². The highest BCUT2D eigenvalue weighted by Crippen LogP contribution is 2.28. The third-order valence-corrected chi connectivity index (χ3v) is 5.66. The van der Waals surface area contributed by atoms with Crippen molar-refractivity contribution < 1.29 is 8.42 Å². The second-order valence-electron chi connectivity index (χ2n) is 5.91. The molecule has 0 saturated carbocycles. The van der Waals surface area contributed by atoms with Crippen molar-refractivity contribution in [3.05, 3.63) is 53.6 Å². The Hall–Kier alpha value is -2.52. The summed E-state index contributed by atoms with van der Waals surface area (Å²) in [5.74, 6) is 0. The van der Waals surface area contributed by atoms with Crippen LogP contribution in [0.1, 0.15) is 24.0 Å². The molecule has 24 heavy (non-hydrogen) atoms. The topological polar surface area (TPSA) is 73.2 Å². The summed E-state index contributed by atoms with van der Waals surface area (Å²) in [6, 6.07) is 13.9. The fourth-order valence-corrected chi connectivity index (χ4v) is 4.17. The van der Waals surface area contributed by atoms with Crippen molar-refractivity contribution in [1.29, 1.82) is 5.26 Å². The smallest absolute Gasteiger partial charge is 0.263 e. The zero-order chi connectivity index (χ0) is 17.2. The van der Waals surface area contributed by atoms with Crippen molar-refractivity contribution in [1.82, 2.24) is 0 Å². The molecule has 2 aromatic carbocycles. The van der Waals surface area contributed by atoms with E-state index in [-0.39, 0.29) is 10.5 Å². The fraction of sp³-hybridized carbons (Fsp3) is 0.278. The van der Waals surface area contributed by atoms with Gasteiger partial charge in [-0.2, -0.15) is 5.26 Å². The molecule has 1 aliphatic heterocycles. The van der Waals surface area contributed by atoms with Gasteiger partial charge in [-0.25, -0.2) is 8.42 Å². The summed E-state index contributed by atoms with van der Waals surface area (Å²) in [6.45, 7) is 3.85. The van der Waals surface area contributed by atoms with Gasteiger partial charge in [-0.1, -0.05) is 18.2 Å². The van der Waals surface area contributed by atoms with Gasteiger partial charge in [0.05, 0.1) is 11.3 Å². The van der Waals surface area contributed by atoms with Crippen LogP contribution in [0.25, 0.3) is 0 Å². The van der Waals surface area contributed by atoms with Crippen LogP contribution in [0.4, 0.5) is 11.4 Å². The molecular formula is C18H19N3O2S. The number of hydrogen-bond acceptors (Lipinski definition) is 4. The Morgan fingerprint density at radius 3 is 2.54 bits per heavy atom. The predicted octanol–water partition coefficient (Wildman–Crippen LogP) is 3.27. The summed E-state index contributed by atoms with van der Waals surface area (Å²) in [5.41, 5.74) is 2.55. The first-order valence-electron chi connectivity index (χ1n) is 7.89. The Morgan fingerprint density at radius 1 is 1.12 bits per heavy atom. The summed E-state index contributed by atoms with van der Waals surface area (Å²) in [7, 11) is -3.81. The number of rotatable bonds is 4. The lowest BCUT2D eigenvalue weighted by atomic mass is 10.2. The number of sulfonamides is 1. The number of aryl methyl sites for hydroxylation is 1. The lowest BCUT2D eigenvalue weighted by Crippen LogP contribution is -2.19. The number of benzene rings is 2. The van der Waals surface area contributed by atoms with Gasteiger partial charge in [-0.15, -0.1) is 0 Å². The van der Waals surface area contributed by atoms with Crippen molar-refractivity contribution >= 4 is 21.4 Å². The van der Waals surface area contributed by atoms with E-state index in [0.29, 0.717) is 5.69 Å². The van der Waals surface area contributed by atoms with E-state index in [1.807, 2.05) is 31.2 Å². The van der Waals surface area contributed by atoms with Crippen LogP contribution < -0.4 is 9.62 Å². The van der Waals surface area contributed by atoms with Gasteiger partial charge in [0, 0.05) is 18.8 Å². The molecule has 0 unspecified atom stereocenters. The minimum absolute atomic E-state index is 0.00141. The van der Waals surface area contributed by atoms with Crippen LogP contribution in [0.2, 0.25) is 0 Å². The van der Waals surface area contributed by atoms with E-state index < -0.39 is 10.0 Å². The van der Waals surface area contributed by atoms with Crippen molar-refractivity contribution in [2.75, 3.05) is 22.7 Å². The van der Waals surface area contributed by atoms with Crippen LogP contribution in [-0.4, -0.2) is 21.5 Å². The standard InChI is InChI=1S/C18H19N3O2S/c1-14-8-9-16(21-10-4-5-11-21)12-17(14)20-24(22,23)18-7-3-2-6-15(18)13-19/h2-3,6-9,12,20H,4-5,10-11H2,1H3. The molecule has 0 aromatic heterocycles. The average molecular weight is 341 g/mol. The van der Waals surface area contributed by atoms with Gasteiger partial charge in [-0.3, -0.25) is 4.72 Å². The molecule has 0 amide bonds. The first kappa shape index (κ1) is 16.3. The van der Waals surface area contributed by atoms with Crippen molar-refractivity contribution in [2.24, 2.45) is 0 Å². The Balaban J connectivity index is 1.95. The number of anilines is 2. The minimum atomic E-state index is -3.81. The van der Waals surface area contributed by atoms with Gasteiger partial charge in [0.1, 0.15) is 11.0 Å². The number of nitrogens with one attached hydrogen (secondary N) is 1. The van der Waals surface area contributed by atoms with E-state index in [1.54, 1.807) is 12.1 Å². The van der Waals surface area contributed by atoms with E-state index in [0.717, 1.165) is 37.2 Å². The maximum absolute atomic E-state index is 12.7. The van der Waals surface area contributed by atoms with E-state index in [2.05, 4.69) is 9.62 Å². The second-order valence-corrected chi connectivity index (χ2v) is 7.56. The Kier molecular flexibility index (Phi) is 4.45. The highest BCUT2D eigenvalue weighted by atomic mass is 32.2. The van der Waals surface area contributed by atoms with E-state index in [1.165, 1.54) is 12.1 Å². The molecule has 0 aliphatic carbocycles. The molecule has 1 aliphatic rings. The highest BCUT2D eigenvalue weighted by Gasteiger charge is 2.20. The molecule has 1 heterocycles. The van der Waals surface area contributed by atoms with Crippen LogP contribution in [0, 0.1) is 18.3 Å². The van der Waals surface area contributed by atoms with Crippen LogP contribution in [-0.2, 0) is 10.0 Å². The van der Waals surface area contributed by atoms with Crippen LogP contribution in [0.15, 0.2) is 47.4 Å². The monoisotopic (exact) mass is 341 g/mol. The molecule has 6 heteroatoms. The van der Waals surface area contributed by atoms with Crippen molar-refractivity contribution in [2.45, 2.75) is 24.7 Å². The van der Waals surface area contributed by atoms with E-state index >= 15 is 0 Å². The largest absolute Gasteiger partial charge is 0.371 e. The van der Waals surface area contributed by atoms with Gasteiger partial charge in [-0.05, 0) is 49.6 Å². The summed E-state index contributed by atoms with van der Waals surface area (Å²) in [6.07, 6.45) is 2.31. The lowest BCUT2D eigenvalue weighted by molar-refractivity contribution is 0.601. The zero-order valence-corrected chi connectivity index (χ0v) is 14.3. The maximum Gasteiger partial charge on any atom is 0.263 e. The third kappa shape index (κ3) is 3.22. The molecule has 0 bridgehead atoms. The molecular weight excluding hydrogens is 322 g/mol. The average Bonchev–Trinajstić information content (AvgIpc) is 3.11. The summed E-state index contributed by atoms with van der Waals surface area (Å²) in [5, 5.41) is 9.14. The van der Waals surface area contributed by atoms with Gasteiger partial charge in [0.25, 0.3) is 10.0 Å². The maximum atomic E-state index is 12.7. The SMILES string of the molecule is Cc1ccc(N2CCCC2)cc1NS(=O)(=O)c1ccccc1C#N. The molecule has 1 saturated heterocycles. The highest BCUT2D eigenvalue weighted by molar-refractivity contribution is 7.92. The van der Waals surface area contributed by atoms with Gasteiger partial charge in [0.15, 0.2) is 0 Å².